The molecular weight excluding hydrogens is 252 g/mol. The molecule has 1 saturated carbocycles. The average Bonchev–Trinajstić information content (AvgIpc) is 2.89. The van der Waals surface area contributed by atoms with Gasteiger partial charge in [-0.2, -0.15) is 0 Å². The van der Waals surface area contributed by atoms with E-state index in [2.05, 4.69) is 5.32 Å². The van der Waals surface area contributed by atoms with Crippen LogP contribution in [-0.2, 0) is 0 Å². The molecule has 0 saturated heterocycles. The number of hydrogen-bond donors (Lipinski definition) is 3. The van der Waals surface area contributed by atoms with Crippen molar-refractivity contribution >= 4 is 0 Å². The van der Waals surface area contributed by atoms with Crippen LogP contribution in [0, 0.1) is 11.6 Å². The highest BCUT2D eigenvalue weighted by atomic mass is 19.2. The van der Waals surface area contributed by atoms with Crippen LogP contribution in [0.5, 0.6) is 0 Å². The molecule has 19 heavy (non-hydrogen) atoms. The molecular formula is C14H19F2NO2. The fourth-order valence-electron chi connectivity index (χ4n) is 2.59. The minimum absolute atomic E-state index is 0.0253. The van der Waals surface area contributed by atoms with Gasteiger partial charge in [0.05, 0.1) is 12.7 Å². The predicted molar refractivity (Wildman–Crippen MR) is 67.6 cm³/mol. The van der Waals surface area contributed by atoms with E-state index >= 15 is 0 Å². The van der Waals surface area contributed by atoms with Gasteiger partial charge in [-0.1, -0.05) is 18.9 Å². The first-order valence-electron chi connectivity index (χ1n) is 6.55. The van der Waals surface area contributed by atoms with Crippen LogP contribution >= 0.6 is 0 Å². The molecule has 3 nitrogen and oxygen atoms in total. The Morgan fingerprint density at radius 1 is 1.21 bits per heavy atom. The number of rotatable bonds is 5. The summed E-state index contributed by atoms with van der Waals surface area (Å²) in [5, 5.41) is 22.6. The van der Waals surface area contributed by atoms with Crippen LogP contribution in [0.4, 0.5) is 8.78 Å². The Balaban J connectivity index is 1.96. The van der Waals surface area contributed by atoms with Gasteiger partial charge in [-0.05, 0) is 30.5 Å². The lowest BCUT2D eigenvalue weighted by Gasteiger charge is -2.29. The SMILES string of the molecule is OCC1(NCC(O)c2ccc(F)c(F)c2)CCCC1. The third-order valence-electron chi connectivity index (χ3n) is 3.86. The van der Waals surface area contributed by atoms with Crippen LogP contribution < -0.4 is 5.32 Å². The zero-order chi connectivity index (χ0) is 13.9. The van der Waals surface area contributed by atoms with Crippen LogP contribution in [0.2, 0.25) is 0 Å². The molecule has 0 aromatic heterocycles. The second-order valence-corrected chi connectivity index (χ2v) is 5.22. The molecule has 1 aromatic carbocycles. The smallest absolute Gasteiger partial charge is 0.159 e. The van der Waals surface area contributed by atoms with Gasteiger partial charge in [0.15, 0.2) is 11.6 Å². The molecule has 0 bridgehead atoms. The number of β-amino-alcohol motifs (C(OH)–C–C–N with tert-alkyl or cyclic N) is 1. The quantitative estimate of drug-likeness (QED) is 0.766. The van der Waals surface area contributed by atoms with Crippen LogP contribution in [0.3, 0.4) is 0 Å². The maximum Gasteiger partial charge on any atom is 0.159 e. The Labute approximate surface area is 111 Å². The minimum atomic E-state index is -0.964. The average molecular weight is 271 g/mol. The lowest BCUT2D eigenvalue weighted by atomic mass is 9.98. The van der Waals surface area contributed by atoms with Crippen molar-refractivity contribution in [3.05, 3.63) is 35.4 Å². The van der Waals surface area contributed by atoms with Crippen molar-refractivity contribution in [2.24, 2.45) is 0 Å². The van der Waals surface area contributed by atoms with E-state index in [1.807, 2.05) is 0 Å². The molecule has 0 heterocycles. The number of aliphatic hydroxyl groups is 2. The molecule has 0 radical (unpaired) electrons. The third kappa shape index (κ3) is 3.29. The summed E-state index contributed by atoms with van der Waals surface area (Å²) in [5.74, 6) is -1.89. The van der Waals surface area contributed by atoms with Gasteiger partial charge in [0, 0.05) is 12.1 Å². The third-order valence-corrected chi connectivity index (χ3v) is 3.86. The molecule has 0 amide bonds. The lowest BCUT2D eigenvalue weighted by molar-refractivity contribution is 0.122. The highest BCUT2D eigenvalue weighted by molar-refractivity contribution is 5.20. The Hall–Kier alpha value is -1.04. The summed E-state index contributed by atoms with van der Waals surface area (Å²) in [6.07, 6.45) is 2.92. The van der Waals surface area contributed by atoms with Gasteiger partial charge in [-0.3, -0.25) is 0 Å². The highest BCUT2D eigenvalue weighted by Crippen LogP contribution is 2.29. The van der Waals surface area contributed by atoms with E-state index in [4.69, 9.17) is 0 Å². The zero-order valence-corrected chi connectivity index (χ0v) is 10.7. The molecule has 0 spiro atoms. The zero-order valence-electron chi connectivity index (χ0n) is 10.7. The van der Waals surface area contributed by atoms with E-state index < -0.39 is 17.7 Å². The van der Waals surface area contributed by atoms with E-state index in [-0.39, 0.29) is 18.7 Å². The van der Waals surface area contributed by atoms with Crippen molar-refractivity contribution in [2.45, 2.75) is 37.3 Å². The molecule has 0 aliphatic heterocycles. The van der Waals surface area contributed by atoms with Crippen molar-refractivity contribution in [1.29, 1.82) is 0 Å². The Kier molecular flexibility index (Phi) is 4.50. The first kappa shape index (κ1) is 14.4. The summed E-state index contributed by atoms with van der Waals surface area (Å²) in [7, 11) is 0. The summed E-state index contributed by atoms with van der Waals surface area (Å²) in [6, 6.07) is 3.37. The summed E-state index contributed by atoms with van der Waals surface area (Å²) >= 11 is 0. The highest BCUT2D eigenvalue weighted by Gasteiger charge is 2.33. The Morgan fingerprint density at radius 3 is 2.47 bits per heavy atom. The predicted octanol–water partition coefficient (Wildman–Crippen LogP) is 1.89. The van der Waals surface area contributed by atoms with E-state index in [0.717, 1.165) is 37.8 Å². The van der Waals surface area contributed by atoms with Gasteiger partial charge in [-0.25, -0.2) is 8.78 Å². The topological polar surface area (TPSA) is 52.5 Å². The number of halogens is 2. The molecule has 1 aromatic rings. The van der Waals surface area contributed by atoms with Crippen LogP contribution in [0.15, 0.2) is 18.2 Å². The fourth-order valence-corrected chi connectivity index (χ4v) is 2.59. The molecule has 1 atom stereocenters. The fraction of sp³-hybridized carbons (Fsp3) is 0.571. The molecule has 3 N–H and O–H groups in total. The van der Waals surface area contributed by atoms with Crippen molar-refractivity contribution in [1.82, 2.24) is 5.32 Å². The van der Waals surface area contributed by atoms with Crippen LogP contribution in [-0.4, -0.2) is 28.9 Å². The number of benzene rings is 1. The van der Waals surface area contributed by atoms with Gasteiger partial charge < -0.3 is 15.5 Å². The Morgan fingerprint density at radius 2 is 1.89 bits per heavy atom. The summed E-state index contributed by atoms with van der Waals surface area (Å²) in [6.45, 7) is 0.239. The van der Waals surface area contributed by atoms with Gasteiger partial charge in [0.2, 0.25) is 0 Å². The minimum Gasteiger partial charge on any atom is -0.394 e. The summed E-state index contributed by atoms with van der Waals surface area (Å²) < 4.78 is 25.9. The normalized spacial score (nSPS) is 19.6. The molecule has 5 heteroatoms. The molecule has 106 valence electrons. The van der Waals surface area contributed by atoms with Crippen molar-refractivity contribution < 1.29 is 19.0 Å². The molecule has 1 aliphatic carbocycles. The maximum absolute atomic E-state index is 13.1. The molecule has 1 fully saturated rings. The van der Waals surface area contributed by atoms with E-state index in [0.29, 0.717) is 5.56 Å². The van der Waals surface area contributed by atoms with Crippen molar-refractivity contribution in [2.75, 3.05) is 13.2 Å². The number of nitrogens with one attached hydrogen (secondary N) is 1. The van der Waals surface area contributed by atoms with Crippen molar-refractivity contribution in [3.63, 3.8) is 0 Å². The first-order chi connectivity index (χ1) is 9.06. The monoisotopic (exact) mass is 271 g/mol. The standard InChI is InChI=1S/C14H19F2NO2/c15-11-4-3-10(7-12(11)16)13(19)8-17-14(9-18)5-1-2-6-14/h3-4,7,13,17-19H,1-2,5-6,8-9H2. The first-order valence-corrected chi connectivity index (χ1v) is 6.55. The van der Waals surface area contributed by atoms with Crippen molar-refractivity contribution in [3.8, 4) is 0 Å². The van der Waals surface area contributed by atoms with E-state index in [1.54, 1.807) is 0 Å². The van der Waals surface area contributed by atoms with Gasteiger partial charge in [0.25, 0.3) is 0 Å². The molecule has 2 rings (SSSR count). The van der Waals surface area contributed by atoms with Gasteiger partial charge >= 0.3 is 0 Å². The largest absolute Gasteiger partial charge is 0.394 e. The van der Waals surface area contributed by atoms with Gasteiger partial charge in [0.1, 0.15) is 0 Å². The lowest BCUT2D eigenvalue weighted by Crippen LogP contribution is -2.47. The number of aliphatic hydroxyl groups excluding tert-OH is 2. The van der Waals surface area contributed by atoms with Crippen LogP contribution in [0.25, 0.3) is 0 Å². The van der Waals surface area contributed by atoms with E-state index in [1.165, 1.54) is 6.07 Å². The van der Waals surface area contributed by atoms with E-state index in [9.17, 15) is 19.0 Å². The Bertz CT molecular complexity index is 433. The molecule has 1 unspecified atom stereocenters. The summed E-state index contributed by atoms with van der Waals surface area (Å²) in [4.78, 5) is 0. The van der Waals surface area contributed by atoms with Gasteiger partial charge in [-0.15, -0.1) is 0 Å². The summed E-state index contributed by atoms with van der Waals surface area (Å²) in [5.41, 5.74) is -0.00277. The number of hydrogen-bond acceptors (Lipinski definition) is 3. The second kappa shape index (κ2) is 5.94. The maximum atomic E-state index is 13.1. The second-order valence-electron chi connectivity index (χ2n) is 5.22. The molecule has 1 aliphatic rings. The van der Waals surface area contributed by atoms with Crippen LogP contribution in [0.1, 0.15) is 37.4 Å².